The zero-order chi connectivity index (χ0) is 22.6. The Balaban J connectivity index is 1.46. The summed E-state index contributed by atoms with van der Waals surface area (Å²) >= 11 is 0. The van der Waals surface area contributed by atoms with Gasteiger partial charge >= 0.3 is 0 Å². The normalized spacial score (nSPS) is 43.7. The van der Waals surface area contributed by atoms with E-state index in [9.17, 15) is 19.5 Å². The van der Waals surface area contributed by atoms with Gasteiger partial charge in [0.25, 0.3) is 0 Å². The van der Waals surface area contributed by atoms with Crippen molar-refractivity contribution < 1.29 is 19.5 Å². The van der Waals surface area contributed by atoms with Gasteiger partial charge in [0, 0.05) is 31.1 Å². The Morgan fingerprint density at radius 3 is 2.45 bits per heavy atom. The molecule has 0 aliphatic heterocycles. The van der Waals surface area contributed by atoms with Crippen molar-refractivity contribution in [1.82, 2.24) is 0 Å². The molecule has 0 heterocycles. The fourth-order valence-corrected chi connectivity index (χ4v) is 8.48. The summed E-state index contributed by atoms with van der Waals surface area (Å²) in [6, 6.07) is 0. The monoisotopic (exact) mass is 430 g/mol. The molecule has 4 aliphatic rings. The first-order valence-corrected chi connectivity index (χ1v) is 12.7. The van der Waals surface area contributed by atoms with Crippen molar-refractivity contribution in [2.75, 3.05) is 0 Å². The average Bonchev–Trinajstić information content (AvgIpc) is 3.02. The third kappa shape index (κ3) is 3.85. The SMILES string of the molecule is CC(C)(O)C(C=O)CCC[C@H]1CC[C@H]2[C@@H]3C(=O)C[C@@H]4CC(=O)CC[C@]4(C)[C@H]3CC[C@]12C. The van der Waals surface area contributed by atoms with Crippen molar-refractivity contribution in [1.29, 1.82) is 0 Å². The second kappa shape index (κ2) is 8.08. The van der Waals surface area contributed by atoms with Crippen LogP contribution in [0.25, 0.3) is 0 Å². The number of fused-ring (bicyclic) bond motifs is 5. The first-order valence-electron chi connectivity index (χ1n) is 12.7. The van der Waals surface area contributed by atoms with E-state index >= 15 is 0 Å². The van der Waals surface area contributed by atoms with Gasteiger partial charge in [-0.15, -0.1) is 0 Å². The summed E-state index contributed by atoms with van der Waals surface area (Å²) in [4.78, 5) is 36.9. The van der Waals surface area contributed by atoms with Crippen molar-refractivity contribution in [3.05, 3.63) is 0 Å². The number of aldehydes is 1. The van der Waals surface area contributed by atoms with Crippen molar-refractivity contribution in [2.45, 2.75) is 104 Å². The van der Waals surface area contributed by atoms with Crippen LogP contribution in [-0.2, 0) is 14.4 Å². The van der Waals surface area contributed by atoms with E-state index in [4.69, 9.17) is 0 Å². The lowest BCUT2D eigenvalue weighted by atomic mass is 9.44. The molecular weight excluding hydrogens is 388 g/mol. The Hall–Kier alpha value is -1.03. The smallest absolute Gasteiger partial charge is 0.136 e. The first-order chi connectivity index (χ1) is 14.5. The maximum Gasteiger partial charge on any atom is 0.136 e. The predicted octanol–water partition coefficient (Wildman–Crippen LogP) is 5.15. The largest absolute Gasteiger partial charge is 0.390 e. The van der Waals surface area contributed by atoms with Gasteiger partial charge in [-0.1, -0.05) is 20.3 Å². The van der Waals surface area contributed by atoms with Crippen LogP contribution in [0.4, 0.5) is 0 Å². The highest BCUT2D eigenvalue weighted by atomic mass is 16.3. The van der Waals surface area contributed by atoms with E-state index in [1.807, 2.05) is 0 Å². The summed E-state index contributed by atoms with van der Waals surface area (Å²) in [5, 5.41) is 10.2. The Kier molecular flexibility index (Phi) is 6.03. The van der Waals surface area contributed by atoms with Crippen molar-refractivity contribution in [3.8, 4) is 0 Å². The molecule has 31 heavy (non-hydrogen) atoms. The minimum Gasteiger partial charge on any atom is -0.390 e. The predicted molar refractivity (Wildman–Crippen MR) is 120 cm³/mol. The molecule has 174 valence electrons. The Morgan fingerprint density at radius 1 is 1.06 bits per heavy atom. The number of aliphatic hydroxyl groups is 1. The molecule has 1 N–H and O–H groups in total. The Labute approximate surface area is 187 Å². The number of hydrogen-bond donors (Lipinski definition) is 1. The second-order valence-electron chi connectivity index (χ2n) is 12.5. The van der Waals surface area contributed by atoms with Gasteiger partial charge in [0.1, 0.15) is 17.9 Å². The highest BCUT2D eigenvalue weighted by Crippen LogP contribution is 2.67. The van der Waals surface area contributed by atoms with Gasteiger partial charge in [0.05, 0.1) is 5.60 Å². The van der Waals surface area contributed by atoms with Gasteiger partial charge in [0.15, 0.2) is 0 Å². The molecule has 0 amide bonds. The molecule has 8 atom stereocenters. The molecule has 1 unspecified atom stereocenters. The quantitative estimate of drug-likeness (QED) is 0.592. The Morgan fingerprint density at radius 2 is 1.77 bits per heavy atom. The molecule has 0 bridgehead atoms. The molecule has 0 saturated heterocycles. The van der Waals surface area contributed by atoms with Crippen LogP contribution in [0, 0.1) is 46.3 Å². The summed E-state index contributed by atoms with van der Waals surface area (Å²) in [6.07, 6.45) is 11.3. The maximum absolute atomic E-state index is 13.4. The van der Waals surface area contributed by atoms with Crippen LogP contribution in [0.3, 0.4) is 0 Å². The van der Waals surface area contributed by atoms with Gasteiger partial charge in [0.2, 0.25) is 0 Å². The molecule has 0 aromatic carbocycles. The molecule has 0 spiro atoms. The minimum atomic E-state index is -0.955. The molecule has 4 saturated carbocycles. The van der Waals surface area contributed by atoms with E-state index in [1.165, 1.54) is 12.8 Å². The lowest BCUT2D eigenvalue weighted by Gasteiger charge is -2.59. The van der Waals surface area contributed by atoms with E-state index in [2.05, 4.69) is 13.8 Å². The van der Waals surface area contributed by atoms with Gasteiger partial charge < -0.3 is 9.90 Å². The summed E-state index contributed by atoms with van der Waals surface area (Å²) in [5.41, 5.74) is -0.574. The van der Waals surface area contributed by atoms with E-state index in [-0.39, 0.29) is 28.6 Å². The highest BCUT2D eigenvalue weighted by Gasteiger charge is 2.62. The number of Topliss-reactive ketones (excluding diaryl/α,β-unsaturated/α-hetero) is 2. The molecule has 0 radical (unpaired) electrons. The van der Waals surface area contributed by atoms with E-state index in [0.29, 0.717) is 48.6 Å². The minimum absolute atomic E-state index is 0.162. The van der Waals surface area contributed by atoms with Crippen LogP contribution in [0.1, 0.15) is 98.3 Å². The van der Waals surface area contributed by atoms with E-state index in [1.54, 1.807) is 13.8 Å². The molecular formula is C27H42O4. The van der Waals surface area contributed by atoms with E-state index in [0.717, 1.165) is 44.8 Å². The van der Waals surface area contributed by atoms with Crippen LogP contribution in [0.5, 0.6) is 0 Å². The van der Waals surface area contributed by atoms with Crippen molar-refractivity contribution in [2.24, 2.45) is 46.3 Å². The zero-order valence-corrected chi connectivity index (χ0v) is 20.0. The van der Waals surface area contributed by atoms with Crippen LogP contribution in [-0.4, -0.2) is 28.6 Å². The lowest BCUT2D eigenvalue weighted by Crippen LogP contribution is -2.56. The fraction of sp³-hybridized carbons (Fsp3) is 0.889. The van der Waals surface area contributed by atoms with Crippen LogP contribution in [0.2, 0.25) is 0 Å². The number of carbonyl (C=O) groups excluding carboxylic acids is 3. The lowest BCUT2D eigenvalue weighted by molar-refractivity contribution is -0.158. The third-order valence-electron chi connectivity index (χ3n) is 10.6. The van der Waals surface area contributed by atoms with E-state index < -0.39 is 5.60 Å². The van der Waals surface area contributed by atoms with Crippen LogP contribution in [0.15, 0.2) is 0 Å². The van der Waals surface area contributed by atoms with Crippen molar-refractivity contribution >= 4 is 17.9 Å². The molecule has 4 fully saturated rings. The van der Waals surface area contributed by atoms with Crippen LogP contribution < -0.4 is 0 Å². The van der Waals surface area contributed by atoms with Crippen molar-refractivity contribution in [3.63, 3.8) is 0 Å². The standard InChI is InChI=1S/C27H42O4/c1-25(2,31)18(16-28)7-5-6-17-8-9-21-24-22(11-13-26(17,21)3)27(4)12-10-20(29)14-19(27)15-23(24)30/h16-19,21-22,24,31H,5-15H2,1-4H3/t17-,18?,19-,21-,22-,24-,26+,27-/m0/s1. The second-order valence-corrected chi connectivity index (χ2v) is 12.5. The van der Waals surface area contributed by atoms with Gasteiger partial charge in [-0.05, 0) is 93.3 Å². The van der Waals surface area contributed by atoms with Gasteiger partial charge in [-0.2, -0.15) is 0 Å². The maximum atomic E-state index is 13.4. The molecule has 4 nitrogen and oxygen atoms in total. The van der Waals surface area contributed by atoms with Gasteiger partial charge in [-0.25, -0.2) is 0 Å². The molecule has 4 heteroatoms. The highest BCUT2D eigenvalue weighted by molar-refractivity contribution is 5.86. The van der Waals surface area contributed by atoms with Crippen LogP contribution >= 0.6 is 0 Å². The molecule has 0 aromatic heterocycles. The summed E-state index contributed by atoms with van der Waals surface area (Å²) in [7, 11) is 0. The number of hydrogen-bond acceptors (Lipinski definition) is 4. The molecule has 4 aliphatic carbocycles. The summed E-state index contributed by atoms with van der Waals surface area (Å²) in [5.74, 6) is 2.51. The number of ketones is 2. The number of rotatable bonds is 6. The zero-order valence-electron chi connectivity index (χ0n) is 20.0. The number of carbonyl (C=O) groups is 3. The first kappa shape index (κ1) is 23.1. The fourth-order valence-electron chi connectivity index (χ4n) is 8.48. The summed E-state index contributed by atoms with van der Waals surface area (Å²) in [6.45, 7) is 8.27. The average molecular weight is 431 g/mol. The molecule has 4 rings (SSSR count). The van der Waals surface area contributed by atoms with Gasteiger partial charge in [-0.3, -0.25) is 9.59 Å². The topological polar surface area (TPSA) is 71.4 Å². The Bertz CT molecular complexity index is 736. The third-order valence-corrected chi connectivity index (χ3v) is 10.6. The summed E-state index contributed by atoms with van der Waals surface area (Å²) < 4.78 is 0. The molecule has 0 aromatic rings.